The molecule has 2 N–H and O–H groups in total. The Kier molecular flexibility index (Phi) is 6.68. The Labute approximate surface area is 175 Å². The van der Waals surface area contributed by atoms with E-state index in [1.54, 1.807) is 42.1 Å². The monoisotopic (exact) mass is 453 g/mol. The van der Waals surface area contributed by atoms with Crippen molar-refractivity contribution in [3.8, 4) is 0 Å². The van der Waals surface area contributed by atoms with Gasteiger partial charge in [0.05, 0.1) is 0 Å². The van der Waals surface area contributed by atoms with E-state index in [9.17, 15) is 14.7 Å². The molecular weight excluding hydrogens is 438 g/mol. The molecule has 140 valence electrons. The van der Waals surface area contributed by atoms with Crippen molar-refractivity contribution in [2.45, 2.75) is 9.79 Å². The first-order valence-electron chi connectivity index (χ1n) is 8.37. The number of carboxylic acids is 1. The van der Waals surface area contributed by atoms with Gasteiger partial charge in [-0.1, -0.05) is 54.2 Å². The first-order valence-corrected chi connectivity index (χ1v) is 9.98. The molecule has 3 rings (SSSR count). The summed E-state index contributed by atoms with van der Waals surface area (Å²) in [5, 5.41) is 11.9. The van der Waals surface area contributed by atoms with Crippen LogP contribution in [-0.2, 0) is 4.79 Å². The van der Waals surface area contributed by atoms with Crippen LogP contribution in [0.1, 0.15) is 15.9 Å². The van der Waals surface area contributed by atoms with E-state index in [-0.39, 0.29) is 5.70 Å². The molecule has 3 aromatic rings. The lowest BCUT2D eigenvalue weighted by atomic mass is 10.1. The smallest absolute Gasteiger partial charge is 0.352 e. The summed E-state index contributed by atoms with van der Waals surface area (Å²) in [4.78, 5) is 25.9. The third-order valence-corrected chi connectivity index (χ3v) is 5.81. The number of halogens is 1. The molecule has 0 unspecified atom stereocenters. The number of hydrogen-bond acceptors (Lipinski definition) is 3. The van der Waals surface area contributed by atoms with Crippen molar-refractivity contribution in [3.63, 3.8) is 0 Å². The number of carbonyl (C=O) groups excluding carboxylic acids is 1. The fourth-order valence-corrected chi connectivity index (χ4v) is 3.75. The van der Waals surface area contributed by atoms with E-state index in [4.69, 9.17) is 0 Å². The second kappa shape index (κ2) is 9.39. The molecule has 4 nitrogen and oxygen atoms in total. The zero-order valence-electron chi connectivity index (χ0n) is 14.6. The van der Waals surface area contributed by atoms with Gasteiger partial charge >= 0.3 is 5.97 Å². The molecular formula is C22H16BrNO3S. The minimum atomic E-state index is -1.20. The van der Waals surface area contributed by atoms with E-state index in [0.29, 0.717) is 11.1 Å². The minimum absolute atomic E-state index is 0.181. The van der Waals surface area contributed by atoms with E-state index >= 15 is 0 Å². The summed E-state index contributed by atoms with van der Waals surface area (Å²) < 4.78 is 1.01. The van der Waals surface area contributed by atoms with Crippen molar-refractivity contribution in [1.29, 1.82) is 0 Å². The predicted molar refractivity (Wildman–Crippen MR) is 114 cm³/mol. The first kappa shape index (κ1) is 19.9. The number of nitrogens with one attached hydrogen (secondary N) is 1. The van der Waals surface area contributed by atoms with E-state index in [1.165, 1.54) is 6.08 Å². The Morgan fingerprint density at radius 3 is 2.18 bits per heavy atom. The molecule has 0 aliphatic rings. The van der Waals surface area contributed by atoms with E-state index in [1.807, 2.05) is 48.5 Å². The zero-order chi connectivity index (χ0) is 19.9. The Bertz CT molecular complexity index is 1020. The molecule has 0 saturated heterocycles. The average Bonchev–Trinajstić information content (AvgIpc) is 2.71. The van der Waals surface area contributed by atoms with Gasteiger partial charge in [-0.25, -0.2) is 4.79 Å². The topological polar surface area (TPSA) is 66.4 Å². The highest BCUT2D eigenvalue weighted by molar-refractivity contribution is 9.10. The maximum Gasteiger partial charge on any atom is 0.352 e. The maximum atomic E-state index is 12.2. The van der Waals surface area contributed by atoms with Crippen molar-refractivity contribution in [3.05, 3.63) is 100 Å². The molecule has 0 bridgehead atoms. The van der Waals surface area contributed by atoms with Crippen LogP contribution in [0.25, 0.3) is 6.08 Å². The fraction of sp³-hybridized carbons (Fsp3) is 0. The van der Waals surface area contributed by atoms with Gasteiger partial charge in [-0.05, 0) is 64.0 Å². The van der Waals surface area contributed by atoms with Gasteiger partial charge in [-0.3, -0.25) is 4.79 Å². The molecule has 1 amide bonds. The standard InChI is InChI=1S/C22H16BrNO3S/c23-18-8-4-5-9-20(18)28-17-12-10-15(11-13-17)14-19(22(26)27)24-21(25)16-6-2-1-3-7-16/h1-14H,(H,24,25)(H,26,27). The average molecular weight is 454 g/mol. The van der Waals surface area contributed by atoms with Gasteiger partial charge in [-0.2, -0.15) is 0 Å². The summed E-state index contributed by atoms with van der Waals surface area (Å²) in [6.45, 7) is 0. The van der Waals surface area contributed by atoms with Crippen LogP contribution in [0.5, 0.6) is 0 Å². The molecule has 3 aromatic carbocycles. The second-order valence-corrected chi connectivity index (χ2v) is 7.75. The van der Waals surface area contributed by atoms with E-state index < -0.39 is 11.9 Å². The summed E-state index contributed by atoms with van der Waals surface area (Å²) >= 11 is 5.13. The van der Waals surface area contributed by atoms with Gasteiger partial charge in [0, 0.05) is 19.8 Å². The normalized spacial score (nSPS) is 11.1. The number of rotatable bonds is 6. The third kappa shape index (κ3) is 5.34. The fourth-order valence-electron chi connectivity index (χ4n) is 2.39. The summed E-state index contributed by atoms with van der Waals surface area (Å²) in [7, 11) is 0. The molecule has 0 atom stereocenters. The molecule has 28 heavy (non-hydrogen) atoms. The first-order chi connectivity index (χ1) is 13.5. The van der Waals surface area contributed by atoms with Crippen LogP contribution < -0.4 is 5.32 Å². The van der Waals surface area contributed by atoms with Gasteiger partial charge in [-0.15, -0.1) is 0 Å². The largest absolute Gasteiger partial charge is 0.477 e. The molecule has 0 aromatic heterocycles. The Morgan fingerprint density at radius 2 is 1.54 bits per heavy atom. The minimum Gasteiger partial charge on any atom is -0.477 e. The molecule has 0 saturated carbocycles. The molecule has 0 radical (unpaired) electrons. The number of benzene rings is 3. The van der Waals surface area contributed by atoms with Crippen molar-refractivity contribution in [2.75, 3.05) is 0 Å². The highest BCUT2D eigenvalue weighted by Crippen LogP contribution is 2.33. The molecule has 0 spiro atoms. The van der Waals surface area contributed by atoms with Crippen molar-refractivity contribution >= 4 is 45.6 Å². The summed E-state index contributed by atoms with van der Waals surface area (Å²) in [6, 6.07) is 23.9. The Hall–Kier alpha value is -2.83. The zero-order valence-corrected chi connectivity index (χ0v) is 17.0. The van der Waals surface area contributed by atoms with Crippen LogP contribution in [-0.4, -0.2) is 17.0 Å². The van der Waals surface area contributed by atoms with Crippen LogP contribution in [0, 0.1) is 0 Å². The van der Waals surface area contributed by atoms with Crippen molar-refractivity contribution in [1.82, 2.24) is 5.32 Å². The molecule has 6 heteroatoms. The Morgan fingerprint density at radius 1 is 0.893 bits per heavy atom. The van der Waals surface area contributed by atoms with Gasteiger partial charge in [0.1, 0.15) is 5.70 Å². The van der Waals surface area contributed by atoms with Crippen LogP contribution in [0.15, 0.2) is 98.8 Å². The van der Waals surface area contributed by atoms with Crippen LogP contribution in [0.2, 0.25) is 0 Å². The third-order valence-electron chi connectivity index (χ3n) is 3.77. The quantitative estimate of drug-likeness (QED) is 0.486. The molecule has 0 fully saturated rings. The number of carboxylic acid groups (broad SMARTS) is 1. The summed E-state index contributed by atoms with van der Waals surface area (Å²) in [6.07, 6.45) is 1.44. The highest BCUT2D eigenvalue weighted by Gasteiger charge is 2.13. The van der Waals surface area contributed by atoms with Crippen LogP contribution in [0.3, 0.4) is 0 Å². The van der Waals surface area contributed by atoms with Gasteiger partial charge in [0.2, 0.25) is 0 Å². The summed E-state index contributed by atoms with van der Waals surface area (Å²) in [5.74, 6) is -1.66. The molecule has 0 heterocycles. The molecule has 0 aliphatic heterocycles. The lowest BCUT2D eigenvalue weighted by molar-refractivity contribution is -0.132. The lowest BCUT2D eigenvalue weighted by Gasteiger charge is -2.07. The highest BCUT2D eigenvalue weighted by atomic mass is 79.9. The predicted octanol–water partition coefficient (Wildman–Crippen LogP) is 5.46. The van der Waals surface area contributed by atoms with Gasteiger partial charge in [0.15, 0.2) is 0 Å². The maximum absolute atomic E-state index is 12.2. The molecule has 0 aliphatic carbocycles. The Balaban J connectivity index is 1.75. The van der Waals surface area contributed by atoms with E-state index in [2.05, 4.69) is 21.2 Å². The van der Waals surface area contributed by atoms with E-state index in [0.717, 1.165) is 14.3 Å². The summed E-state index contributed by atoms with van der Waals surface area (Å²) in [5.41, 5.74) is 0.900. The van der Waals surface area contributed by atoms with Crippen LogP contribution in [0.4, 0.5) is 0 Å². The van der Waals surface area contributed by atoms with Gasteiger partial charge < -0.3 is 10.4 Å². The number of amides is 1. The van der Waals surface area contributed by atoms with Crippen molar-refractivity contribution in [2.24, 2.45) is 0 Å². The number of aliphatic carboxylic acids is 1. The van der Waals surface area contributed by atoms with Crippen LogP contribution >= 0.6 is 27.7 Å². The number of hydrogen-bond donors (Lipinski definition) is 2. The lowest BCUT2D eigenvalue weighted by Crippen LogP contribution is -2.27. The second-order valence-electron chi connectivity index (χ2n) is 5.78. The van der Waals surface area contributed by atoms with Gasteiger partial charge in [0.25, 0.3) is 5.91 Å². The SMILES string of the molecule is O=C(O)C(=Cc1ccc(Sc2ccccc2Br)cc1)NC(=O)c1ccccc1. The number of carbonyl (C=O) groups is 2. The van der Waals surface area contributed by atoms with Crippen molar-refractivity contribution < 1.29 is 14.7 Å².